The second-order valence-corrected chi connectivity index (χ2v) is 4.97. The molecule has 2 atom stereocenters. The fourth-order valence-corrected chi connectivity index (χ4v) is 2.27. The number of nitrogens with one attached hydrogen (secondary N) is 1. The summed E-state index contributed by atoms with van der Waals surface area (Å²) >= 11 is 0. The molecule has 0 aromatic heterocycles. The summed E-state index contributed by atoms with van der Waals surface area (Å²) in [6.45, 7) is 4.22. The van der Waals surface area contributed by atoms with Gasteiger partial charge in [-0.3, -0.25) is 0 Å². The quantitative estimate of drug-likeness (QED) is 0.816. The van der Waals surface area contributed by atoms with Crippen LogP contribution in [0.25, 0.3) is 0 Å². The van der Waals surface area contributed by atoms with Crippen LogP contribution in [0.1, 0.15) is 31.7 Å². The van der Waals surface area contributed by atoms with Gasteiger partial charge in [-0.25, -0.2) is 0 Å². The molecule has 0 spiro atoms. The molecule has 1 saturated heterocycles. The lowest BCUT2D eigenvalue weighted by molar-refractivity contribution is 0.107. The van der Waals surface area contributed by atoms with E-state index in [9.17, 15) is 0 Å². The smallest absolute Gasteiger partial charge is 0.0700 e. The zero-order valence-electron chi connectivity index (χ0n) is 10.7. The van der Waals surface area contributed by atoms with Crippen LogP contribution in [0.15, 0.2) is 30.3 Å². The Kier molecular flexibility index (Phi) is 5.02. The summed E-state index contributed by atoms with van der Waals surface area (Å²) in [5.41, 5.74) is 1.43. The minimum Gasteiger partial charge on any atom is -0.377 e. The molecule has 1 aromatic carbocycles. The van der Waals surface area contributed by atoms with Gasteiger partial charge in [0.25, 0.3) is 0 Å². The van der Waals surface area contributed by atoms with Crippen molar-refractivity contribution in [2.45, 2.75) is 44.8 Å². The van der Waals surface area contributed by atoms with E-state index in [4.69, 9.17) is 4.74 Å². The Morgan fingerprint density at radius 2 is 2.18 bits per heavy atom. The monoisotopic (exact) mass is 233 g/mol. The van der Waals surface area contributed by atoms with E-state index in [1.54, 1.807) is 0 Å². The predicted octanol–water partition coefficient (Wildman–Crippen LogP) is 2.78. The molecule has 0 aliphatic carbocycles. The second kappa shape index (κ2) is 6.77. The first-order valence-corrected chi connectivity index (χ1v) is 6.73. The highest BCUT2D eigenvalue weighted by atomic mass is 16.5. The Morgan fingerprint density at radius 3 is 2.88 bits per heavy atom. The van der Waals surface area contributed by atoms with E-state index in [-0.39, 0.29) is 0 Å². The number of aryl methyl sites for hydroxylation is 1. The highest BCUT2D eigenvalue weighted by Crippen LogP contribution is 2.11. The van der Waals surface area contributed by atoms with Crippen molar-refractivity contribution < 1.29 is 4.74 Å². The van der Waals surface area contributed by atoms with E-state index in [2.05, 4.69) is 42.6 Å². The fourth-order valence-electron chi connectivity index (χ4n) is 2.27. The molecule has 0 bridgehead atoms. The standard InChI is InChI=1S/C15H23NO/c1-13(16-12-15-8-5-11-17-15)9-10-14-6-3-2-4-7-14/h2-4,6-7,13,15-16H,5,8-12H2,1H3/t13-,15-/m0/s1. The van der Waals surface area contributed by atoms with Gasteiger partial charge in [0.2, 0.25) is 0 Å². The molecule has 17 heavy (non-hydrogen) atoms. The Bertz CT molecular complexity index is 306. The molecule has 2 heteroatoms. The van der Waals surface area contributed by atoms with Gasteiger partial charge in [0.15, 0.2) is 0 Å². The van der Waals surface area contributed by atoms with Crippen molar-refractivity contribution in [1.29, 1.82) is 0 Å². The van der Waals surface area contributed by atoms with Crippen LogP contribution < -0.4 is 5.32 Å². The first-order valence-electron chi connectivity index (χ1n) is 6.73. The molecule has 0 amide bonds. The molecule has 0 radical (unpaired) electrons. The van der Waals surface area contributed by atoms with E-state index in [0.29, 0.717) is 12.1 Å². The summed E-state index contributed by atoms with van der Waals surface area (Å²) in [4.78, 5) is 0. The van der Waals surface area contributed by atoms with Crippen LogP contribution in [-0.4, -0.2) is 25.3 Å². The maximum Gasteiger partial charge on any atom is 0.0700 e. The first kappa shape index (κ1) is 12.6. The topological polar surface area (TPSA) is 21.3 Å². The average Bonchev–Trinajstić information content (AvgIpc) is 2.88. The summed E-state index contributed by atoms with van der Waals surface area (Å²) < 4.78 is 5.60. The van der Waals surface area contributed by atoms with Crippen molar-refractivity contribution in [2.24, 2.45) is 0 Å². The Morgan fingerprint density at radius 1 is 1.35 bits per heavy atom. The molecular formula is C15H23NO. The maximum atomic E-state index is 5.60. The predicted molar refractivity (Wildman–Crippen MR) is 71.2 cm³/mol. The summed E-state index contributed by atoms with van der Waals surface area (Å²) in [6.07, 6.45) is 5.25. The van der Waals surface area contributed by atoms with Crippen molar-refractivity contribution in [3.05, 3.63) is 35.9 Å². The number of ether oxygens (including phenoxy) is 1. The van der Waals surface area contributed by atoms with Crippen LogP contribution in [0.4, 0.5) is 0 Å². The van der Waals surface area contributed by atoms with Gasteiger partial charge in [0, 0.05) is 19.2 Å². The third-order valence-electron chi connectivity index (χ3n) is 3.43. The van der Waals surface area contributed by atoms with E-state index in [1.807, 2.05) is 0 Å². The van der Waals surface area contributed by atoms with Gasteiger partial charge in [-0.2, -0.15) is 0 Å². The fraction of sp³-hybridized carbons (Fsp3) is 0.600. The van der Waals surface area contributed by atoms with Crippen molar-refractivity contribution in [2.75, 3.05) is 13.2 Å². The molecule has 1 fully saturated rings. The van der Waals surface area contributed by atoms with Gasteiger partial charge in [-0.15, -0.1) is 0 Å². The zero-order chi connectivity index (χ0) is 11.9. The highest BCUT2D eigenvalue weighted by Gasteiger charge is 2.15. The second-order valence-electron chi connectivity index (χ2n) is 4.97. The minimum absolute atomic E-state index is 0.453. The van der Waals surface area contributed by atoms with Crippen molar-refractivity contribution >= 4 is 0 Å². The van der Waals surface area contributed by atoms with Gasteiger partial charge in [0.05, 0.1) is 6.10 Å². The van der Waals surface area contributed by atoms with Gasteiger partial charge in [-0.1, -0.05) is 30.3 Å². The first-order chi connectivity index (χ1) is 8.34. The Hall–Kier alpha value is -0.860. The summed E-state index contributed by atoms with van der Waals surface area (Å²) in [5.74, 6) is 0. The number of rotatable bonds is 6. The lowest BCUT2D eigenvalue weighted by Gasteiger charge is -2.16. The van der Waals surface area contributed by atoms with Crippen LogP contribution in [0.5, 0.6) is 0 Å². The van der Waals surface area contributed by atoms with E-state index in [1.165, 1.54) is 24.8 Å². The maximum absolute atomic E-state index is 5.60. The van der Waals surface area contributed by atoms with E-state index < -0.39 is 0 Å². The summed E-state index contributed by atoms with van der Waals surface area (Å²) in [7, 11) is 0. The summed E-state index contributed by atoms with van der Waals surface area (Å²) in [5, 5.41) is 3.57. The van der Waals surface area contributed by atoms with E-state index >= 15 is 0 Å². The number of hydrogen-bond donors (Lipinski definition) is 1. The minimum atomic E-state index is 0.453. The van der Waals surface area contributed by atoms with Crippen LogP contribution in [0.2, 0.25) is 0 Å². The third kappa shape index (κ3) is 4.49. The van der Waals surface area contributed by atoms with Gasteiger partial charge in [0.1, 0.15) is 0 Å². The lowest BCUT2D eigenvalue weighted by atomic mass is 10.1. The largest absolute Gasteiger partial charge is 0.377 e. The molecule has 94 valence electrons. The van der Waals surface area contributed by atoms with Crippen LogP contribution in [0, 0.1) is 0 Å². The lowest BCUT2D eigenvalue weighted by Crippen LogP contribution is -2.33. The highest BCUT2D eigenvalue weighted by molar-refractivity contribution is 5.14. The summed E-state index contributed by atoms with van der Waals surface area (Å²) in [6, 6.07) is 11.3. The van der Waals surface area contributed by atoms with Crippen molar-refractivity contribution in [1.82, 2.24) is 5.32 Å². The van der Waals surface area contributed by atoms with Crippen LogP contribution >= 0.6 is 0 Å². The molecule has 2 rings (SSSR count). The normalized spacial score (nSPS) is 21.6. The molecule has 1 N–H and O–H groups in total. The zero-order valence-corrected chi connectivity index (χ0v) is 10.7. The molecule has 1 aliphatic rings. The molecule has 0 unspecified atom stereocenters. The number of benzene rings is 1. The molecule has 2 nitrogen and oxygen atoms in total. The molecule has 1 aromatic rings. The SMILES string of the molecule is C[C@@H](CCc1ccccc1)NC[C@@H]1CCCO1. The van der Waals surface area contributed by atoms with E-state index in [0.717, 1.165) is 19.6 Å². The third-order valence-corrected chi connectivity index (χ3v) is 3.43. The molecule has 0 saturated carbocycles. The van der Waals surface area contributed by atoms with Crippen LogP contribution in [0.3, 0.4) is 0 Å². The van der Waals surface area contributed by atoms with Gasteiger partial charge < -0.3 is 10.1 Å². The average molecular weight is 233 g/mol. The number of hydrogen-bond acceptors (Lipinski definition) is 2. The van der Waals surface area contributed by atoms with Crippen molar-refractivity contribution in [3.8, 4) is 0 Å². The van der Waals surface area contributed by atoms with Crippen LogP contribution in [-0.2, 0) is 11.2 Å². The Labute approximate surface area is 104 Å². The van der Waals surface area contributed by atoms with Gasteiger partial charge >= 0.3 is 0 Å². The molecule has 1 heterocycles. The van der Waals surface area contributed by atoms with Gasteiger partial charge in [-0.05, 0) is 38.2 Å². The Balaban J connectivity index is 1.62. The molecular weight excluding hydrogens is 210 g/mol. The molecule has 1 aliphatic heterocycles. The van der Waals surface area contributed by atoms with Crippen molar-refractivity contribution in [3.63, 3.8) is 0 Å².